The molecule has 21 heavy (non-hydrogen) atoms. The van der Waals surface area contributed by atoms with Crippen LogP contribution in [0.1, 0.15) is 21.5 Å². The van der Waals surface area contributed by atoms with E-state index in [0.29, 0.717) is 5.56 Å². The summed E-state index contributed by atoms with van der Waals surface area (Å²) >= 11 is 5.80. The zero-order valence-electron chi connectivity index (χ0n) is 12.0. The number of rotatable bonds is 3. The molecule has 0 unspecified atom stereocenters. The monoisotopic (exact) mass is 297 g/mol. The smallest absolute Gasteiger partial charge is 0.180 e. The van der Waals surface area contributed by atoms with Crippen molar-refractivity contribution in [2.75, 3.05) is 5.88 Å². The van der Waals surface area contributed by atoms with Crippen LogP contribution in [0.5, 0.6) is 0 Å². The summed E-state index contributed by atoms with van der Waals surface area (Å²) in [5.41, 5.74) is 5.82. The molecule has 0 atom stereocenters. The molecule has 0 saturated carbocycles. The number of H-pyrrole nitrogens is 1. The van der Waals surface area contributed by atoms with E-state index in [1.807, 2.05) is 56.3 Å². The van der Waals surface area contributed by atoms with Gasteiger partial charge in [-0.25, -0.2) is 0 Å². The zero-order valence-corrected chi connectivity index (χ0v) is 12.8. The van der Waals surface area contributed by atoms with E-state index >= 15 is 0 Å². The summed E-state index contributed by atoms with van der Waals surface area (Å²) in [5, 5.41) is 0.941. The number of hydrogen-bond acceptors (Lipinski definition) is 1. The maximum absolute atomic E-state index is 12.3. The largest absolute Gasteiger partial charge is 0.354 e. The third-order valence-corrected chi connectivity index (χ3v) is 3.94. The Bertz CT molecular complexity index is 815. The van der Waals surface area contributed by atoms with E-state index in [1.165, 1.54) is 5.56 Å². The van der Waals surface area contributed by atoms with E-state index < -0.39 is 0 Å². The topological polar surface area (TPSA) is 32.9 Å². The second kappa shape index (κ2) is 5.38. The number of benzene rings is 2. The first-order valence-corrected chi connectivity index (χ1v) is 7.42. The summed E-state index contributed by atoms with van der Waals surface area (Å²) in [4.78, 5) is 15.7. The molecule has 0 aliphatic heterocycles. The van der Waals surface area contributed by atoms with Gasteiger partial charge in [-0.1, -0.05) is 41.5 Å². The number of fused-ring (bicyclic) bond motifs is 1. The van der Waals surface area contributed by atoms with Crippen LogP contribution in [0.15, 0.2) is 42.5 Å². The fourth-order valence-corrected chi connectivity index (χ4v) is 2.73. The number of ketones is 1. The fraction of sp³-hybridized carbons (Fsp3) is 0.167. The Morgan fingerprint density at radius 1 is 1.05 bits per heavy atom. The number of aromatic amines is 1. The number of alkyl halides is 1. The highest BCUT2D eigenvalue weighted by Crippen LogP contribution is 2.31. The summed E-state index contributed by atoms with van der Waals surface area (Å²) in [6, 6.07) is 14.2. The maximum Gasteiger partial charge on any atom is 0.180 e. The van der Waals surface area contributed by atoms with Gasteiger partial charge in [0.25, 0.3) is 0 Å². The van der Waals surface area contributed by atoms with Crippen molar-refractivity contribution in [3.8, 4) is 11.3 Å². The lowest BCUT2D eigenvalue weighted by atomic mass is 10.0. The van der Waals surface area contributed by atoms with Gasteiger partial charge < -0.3 is 4.98 Å². The van der Waals surface area contributed by atoms with Crippen molar-refractivity contribution in [2.45, 2.75) is 13.8 Å². The Balaban J connectivity index is 2.30. The van der Waals surface area contributed by atoms with Crippen molar-refractivity contribution in [1.29, 1.82) is 0 Å². The van der Waals surface area contributed by atoms with Crippen molar-refractivity contribution in [1.82, 2.24) is 4.98 Å². The molecule has 0 bridgehead atoms. The molecule has 106 valence electrons. The highest BCUT2D eigenvalue weighted by Gasteiger charge is 2.18. The van der Waals surface area contributed by atoms with Crippen molar-refractivity contribution < 1.29 is 4.79 Å². The molecule has 0 radical (unpaired) electrons. The molecule has 0 amide bonds. The van der Waals surface area contributed by atoms with Crippen molar-refractivity contribution in [2.24, 2.45) is 0 Å². The minimum atomic E-state index is -0.0518. The number of carbonyl (C=O) groups excluding carboxylic acids is 1. The van der Waals surface area contributed by atoms with Crippen LogP contribution in [0, 0.1) is 13.8 Å². The van der Waals surface area contributed by atoms with Crippen molar-refractivity contribution in [3.05, 3.63) is 59.2 Å². The summed E-state index contributed by atoms with van der Waals surface area (Å²) in [7, 11) is 0. The third-order valence-electron chi connectivity index (χ3n) is 3.69. The third kappa shape index (κ3) is 2.47. The van der Waals surface area contributed by atoms with Crippen LogP contribution in [0.2, 0.25) is 0 Å². The van der Waals surface area contributed by atoms with Crippen LogP contribution in [-0.2, 0) is 0 Å². The lowest BCUT2D eigenvalue weighted by Gasteiger charge is -2.03. The van der Waals surface area contributed by atoms with E-state index in [-0.39, 0.29) is 11.7 Å². The standard InChI is InChI=1S/C18H16ClNO/c1-11-3-6-13(7-4-11)18-17(16(21)10-19)14-9-12(2)5-8-15(14)20-18/h3-9,20H,10H2,1-2H3. The van der Waals surface area contributed by atoms with E-state index in [4.69, 9.17) is 11.6 Å². The molecule has 3 aromatic rings. The van der Waals surface area contributed by atoms with Gasteiger partial charge in [-0.2, -0.15) is 0 Å². The molecular formula is C18H16ClNO. The normalized spacial score (nSPS) is 11.0. The number of nitrogens with one attached hydrogen (secondary N) is 1. The molecule has 0 aliphatic rings. The Labute approximate surface area is 128 Å². The van der Waals surface area contributed by atoms with Crippen LogP contribution < -0.4 is 0 Å². The molecule has 2 nitrogen and oxygen atoms in total. The lowest BCUT2D eigenvalue weighted by Crippen LogP contribution is -2.01. The summed E-state index contributed by atoms with van der Waals surface area (Å²) in [6.07, 6.45) is 0. The van der Waals surface area contributed by atoms with Crippen LogP contribution in [-0.4, -0.2) is 16.6 Å². The minimum Gasteiger partial charge on any atom is -0.354 e. The van der Waals surface area contributed by atoms with Gasteiger partial charge in [-0.15, -0.1) is 11.6 Å². The van der Waals surface area contributed by atoms with Gasteiger partial charge in [0.2, 0.25) is 0 Å². The molecular weight excluding hydrogens is 282 g/mol. The second-order valence-corrected chi connectivity index (χ2v) is 5.61. The molecule has 0 spiro atoms. The highest BCUT2D eigenvalue weighted by atomic mass is 35.5. The molecule has 1 N–H and O–H groups in total. The predicted octanol–water partition coefficient (Wildman–Crippen LogP) is 4.87. The van der Waals surface area contributed by atoms with Crippen LogP contribution in [0.25, 0.3) is 22.2 Å². The molecule has 1 heterocycles. The van der Waals surface area contributed by atoms with Gasteiger partial charge in [-0.05, 0) is 31.5 Å². The Morgan fingerprint density at radius 2 is 1.71 bits per heavy atom. The van der Waals surface area contributed by atoms with E-state index in [1.54, 1.807) is 0 Å². The quantitative estimate of drug-likeness (QED) is 0.543. The van der Waals surface area contributed by atoms with Gasteiger partial charge in [0.05, 0.1) is 17.1 Å². The molecule has 0 aliphatic carbocycles. The Hall–Kier alpha value is -2.06. The summed E-state index contributed by atoms with van der Waals surface area (Å²) < 4.78 is 0. The molecule has 3 rings (SSSR count). The number of aryl methyl sites for hydroxylation is 2. The van der Waals surface area contributed by atoms with Gasteiger partial charge in [0.1, 0.15) is 0 Å². The number of aromatic nitrogens is 1. The van der Waals surface area contributed by atoms with E-state index in [2.05, 4.69) is 4.98 Å². The number of hydrogen-bond donors (Lipinski definition) is 1. The highest BCUT2D eigenvalue weighted by molar-refractivity contribution is 6.33. The number of carbonyl (C=O) groups is 1. The van der Waals surface area contributed by atoms with Gasteiger partial charge in [-0.3, -0.25) is 4.79 Å². The first-order chi connectivity index (χ1) is 10.1. The van der Waals surface area contributed by atoms with Gasteiger partial charge >= 0.3 is 0 Å². The molecule has 0 saturated heterocycles. The molecule has 2 aromatic carbocycles. The SMILES string of the molecule is Cc1ccc(-c2[nH]c3ccc(C)cc3c2C(=O)CCl)cc1. The van der Waals surface area contributed by atoms with Gasteiger partial charge in [0, 0.05) is 10.9 Å². The van der Waals surface area contributed by atoms with E-state index in [0.717, 1.165) is 27.7 Å². The predicted molar refractivity (Wildman–Crippen MR) is 88.3 cm³/mol. The molecule has 1 aromatic heterocycles. The lowest BCUT2D eigenvalue weighted by molar-refractivity contribution is 0.102. The van der Waals surface area contributed by atoms with Crippen LogP contribution in [0.4, 0.5) is 0 Å². The second-order valence-electron chi connectivity index (χ2n) is 5.35. The molecule has 0 fully saturated rings. The number of Topliss-reactive ketones (excluding diaryl/α,β-unsaturated/α-hetero) is 1. The van der Waals surface area contributed by atoms with E-state index in [9.17, 15) is 4.79 Å². The zero-order chi connectivity index (χ0) is 15.0. The Kier molecular flexibility index (Phi) is 3.56. The fourth-order valence-electron chi connectivity index (χ4n) is 2.60. The average molecular weight is 298 g/mol. The summed E-state index contributed by atoms with van der Waals surface area (Å²) in [6.45, 7) is 4.07. The Morgan fingerprint density at radius 3 is 2.38 bits per heavy atom. The van der Waals surface area contributed by atoms with Crippen molar-refractivity contribution in [3.63, 3.8) is 0 Å². The summed E-state index contributed by atoms with van der Waals surface area (Å²) in [5.74, 6) is -0.0659. The van der Waals surface area contributed by atoms with Crippen LogP contribution in [0.3, 0.4) is 0 Å². The minimum absolute atomic E-state index is 0.0141. The molecule has 3 heteroatoms. The first-order valence-electron chi connectivity index (χ1n) is 6.88. The number of halogens is 1. The van der Waals surface area contributed by atoms with Gasteiger partial charge in [0.15, 0.2) is 5.78 Å². The average Bonchev–Trinajstić information content (AvgIpc) is 2.85. The van der Waals surface area contributed by atoms with Crippen molar-refractivity contribution >= 4 is 28.3 Å². The maximum atomic E-state index is 12.3. The van der Waals surface area contributed by atoms with Crippen LogP contribution >= 0.6 is 11.6 Å². The first kappa shape index (κ1) is 13.9.